The summed E-state index contributed by atoms with van der Waals surface area (Å²) in [6.07, 6.45) is 0.120. The number of nitrogens with one attached hydrogen (secondary N) is 1. The topological polar surface area (TPSA) is 75.2 Å². The van der Waals surface area contributed by atoms with Crippen molar-refractivity contribution in [3.05, 3.63) is 121 Å². The van der Waals surface area contributed by atoms with Crippen LogP contribution in [0.4, 0.5) is 0 Å². The first kappa shape index (κ1) is 26.2. The van der Waals surface area contributed by atoms with E-state index in [0.29, 0.717) is 18.3 Å². The Morgan fingerprint density at radius 2 is 1.24 bits per heavy atom. The molecule has 0 saturated carbocycles. The molecule has 194 valence electrons. The number of nitrogens with zero attached hydrogens (tertiary/aromatic N) is 3. The molecule has 0 aliphatic carbocycles. The molecule has 0 fully saturated rings. The standard InChI is InChI=1S/C30H31IN5OP/c1-36(2)30-34-28(33-29(32)35-30)23-18-20-24(21-19-23)37-22-38(31,25-12-6-3-7-13-25,26-14-8-4-9-15-26)27-16-10-5-11-17-27/h3-21,28H,22H2,1-2H3,(H3,32,33,34,35). The van der Waals surface area contributed by atoms with Gasteiger partial charge in [0.2, 0.25) is 0 Å². The first-order valence-electron chi connectivity index (χ1n) is 12.4. The van der Waals surface area contributed by atoms with E-state index in [1.54, 1.807) is 0 Å². The van der Waals surface area contributed by atoms with Crippen LogP contribution in [0.1, 0.15) is 11.7 Å². The molecule has 0 saturated heterocycles. The van der Waals surface area contributed by atoms with Gasteiger partial charge in [-0.3, -0.25) is 0 Å². The number of aliphatic imine (C=N–C) groups is 2. The number of hydrogen-bond acceptors (Lipinski definition) is 6. The zero-order valence-corrected chi connectivity index (χ0v) is 24.5. The molecule has 0 bridgehead atoms. The summed E-state index contributed by atoms with van der Waals surface area (Å²) >= 11 is 2.73. The maximum atomic E-state index is 6.69. The van der Waals surface area contributed by atoms with Gasteiger partial charge in [-0.1, -0.05) is 0 Å². The summed E-state index contributed by atoms with van der Waals surface area (Å²) in [5.41, 5.74) is 6.95. The van der Waals surface area contributed by atoms with Crippen LogP contribution in [0.3, 0.4) is 0 Å². The van der Waals surface area contributed by atoms with E-state index in [9.17, 15) is 0 Å². The van der Waals surface area contributed by atoms with Crippen LogP contribution in [-0.4, -0.2) is 37.3 Å². The second kappa shape index (κ2) is 10.8. The summed E-state index contributed by atoms with van der Waals surface area (Å²) in [4.78, 5) is 11.0. The fourth-order valence-electron chi connectivity index (χ4n) is 4.65. The molecule has 0 spiro atoms. The van der Waals surface area contributed by atoms with Crippen molar-refractivity contribution in [3.63, 3.8) is 0 Å². The monoisotopic (exact) mass is 635 g/mol. The van der Waals surface area contributed by atoms with E-state index in [0.717, 1.165) is 11.3 Å². The second-order valence-corrected chi connectivity index (χ2v) is 20.0. The summed E-state index contributed by atoms with van der Waals surface area (Å²) < 4.78 is 3.67. The summed E-state index contributed by atoms with van der Waals surface area (Å²) in [6, 6.07) is 40.3. The summed E-state index contributed by atoms with van der Waals surface area (Å²) in [6.45, 7) is 0. The number of rotatable bonds is 7. The summed E-state index contributed by atoms with van der Waals surface area (Å²) in [7, 11) is 3.83. The Labute approximate surface area is 237 Å². The van der Waals surface area contributed by atoms with Gasteiger partial charge in [0.1, 0.15) is 0 Å². The quantitative estimate of drug-likeness (QED) is 0.228. The van der Waals surface area contributed by atoms with Crippen molar-refractivity contribution < 1.29 is 4.74 Å². The van der Waals surface area contributed by atoms with Crippen molar-refractivity contribution in [1.29, 1.82) is 0 Å². The van der Waals surface area contributed by atoms with Crippen molar-refractivity contribution in [2.45, 2.75) is 6.17 Å². The molecule has 6 nitrogen and oxygen atoms in total. The van der Waals surface area contributed by atoms with Crippen LogP contribution < -0.4 is 31.7 Å². The van der Waals surface area contributed by atoms with Gasteiger partial charge >= 0.3 is 238 Å². The Bertz CT molecular complexity index is 1350. The molecule has 3 N–H and O–H groups in total. The van der Waals surface area contributed by atoms with Gasteiger partial charge in [-0.25, -0.2) is 0 Å². The number of hydrogen-bond donors (Lipinski definition) is 2. The predicted octanol–water partition coefficient (Wildman–Crippen LogP) is 4.74. The molecule has 38 heavy (non-hydrogen) atoms. The number of benzene rings is 4. The van der Waals surface area contributed by atoms with E-state index >= 15 is 0 Å². The van der Waals surface area contributed by atoms with Crippen LogP contribution in [0, 0.1) is 0 Å². The molecule has 1 atom stereocenters. The minimum atomic E-state index is -3.03. The summed E-state index contributed by atoms with van der Waals surface area (Å²) in [5.74, 6) is 1.83. The molecule has 4 aromatic rings. The van der Waals surface area contributed by atoms with Crippen molar-refractivity contribution in [2.24, 2.45) is 15.7 Å². The SMILES string of the molecule is CN(C)C1=NC(c2ccc(OCP(I)(c3ccccc3)(c3ccccc3)c3ccccc3)cc2)N=C(N)N1. The molecule has 5 rings (SSSR count). The van der Waals surface area contributed by atoms with Gasteiger partial charge in [-0.05, 0) is 0 Å². The van der Waals surface area contributed by atoms with Crippen LogP contribution in [-0.2, 0) is 0 Å². The Morgan fingerprint density at radius 1 is 0.763 bits per heavy atom. The van der Waals surface area contributed by atoms with Gasteiger partial charge < -0.3 is 0 Å². The van der Waals surface area contributed by atoms with Gasteiger partial charge in [0.15, 0.2) is 0 Å². The zero-order valence-electron chi connectivity index (χ0n) is 21.4. The van der Waals surface area contributed by atoms with Crippen molar-refractivity contribution in [2.75, 3.05) is 20.4 Å². The molecule has 0 radical (unpaired) electrons. The molecule has 1 unspecified atom stereocenters. The van der Waals surface area contributed by atoms with Gasteiger partial charge in [0.25, 0.3) is 0 Å². The van der Waals surface area contributed by atoms with Gasteiger partial charge in [-0.15, -0.1) is 0 Å². The summed E-state index contributed by atoms with van der Waals surface area (Å²) in [5, 5.41) is 6.83. The third kappa shape index (κ3) is 4.88. The molecular weight excluding hydrogens is 604 g/mol. The number of ether oxygens (including phenoxy) is 1. The Kier molecular flexibility index (Phi) is 7.41. The number of nitrogens with two attached hydrogens (primary N) is 1. The molecule has 4 aromatic carbocycles. The van der Waals surface area contributed by atoms with E-state index < -0.39 is 10.4 Å². The van der Waals surface area contributed by atoms with Gasteiger partial charge in [0.05, 0.1) is 0 Å². The number of guanidine groups is 2. The van der Waals surface area contributed by atoms with Crippen LogP contribution in [0.2, 0.25) is 0 Å². The normalized spacial score (nSPS) is 16.3. The maximum absolute atomic E-state index is 6.69. The Balaban J connectivity index is 1.53. The average molecular weight is 635 g/mol. The molecule has 1 aliphatic heterocycles. The van der Waals surface area contributed by atoms with Crippen molar-refractivity contribution >= 4 is 54.1 Å². The minimum absolute atomic E-state index is 0.352. The molecule has 1 aliphatic rings. The average Bonchev–Trinajstić information content (AvgIpc) is 2.97. The predicted molar refractivity (Wildman–Crippen MR) is 170 cm³/mol. The zero-order chi connectivity index (χ0) is 26.6. The van der Waals surface area contributed by atoms with Crippen molar-refractivity contribution in [3.8, 4) is 5.75 Å². The van der Waals surface area contributed by atoms with Crippen LogP contribution in [0.25, 0.3) is 0 Å². The molecular formula is C30H31IN5OP. The molecule has 0 amide bonds. The Morgan fingerprint density at radius 3 is 1.68 bits per heavy atom. The van der Waals surface area contributed by atoms with E-state index in [-0.39, 0.29) is 0 Å². The van der Waals surface area contributed by atoms with E-state index in [1.165, 1.54) is 15.9 Å². The molecule has 1 heterocycles. The van der Waals surface area contributed by atoms with E-state index in [4.69, 9.17) is 10.5 Å². The van der Waals surface area contributed by atoms with Gasteiger partial charge in [-0.2, -0.15) is 0 Å². The third-order valence-electron chi connectivity index (χ3n) is 6.70. The second-order valence-electron chi connectivity index (χ2n) is 9.39. The number of halogens is 1. The van der Waals surface area contributed by atoms with Gasteiger partial charge in [0, 0.05) is 0 Å². The van der Waals surface area contributed by atoms with Crippen LogP contribution in [0.5, 0.6) is 5.75 Å². The molecule has 8 heteroatoms. The van der Waals surface area contributed by atoms with Crippen molar-refractivity contribution in [1.82, 2.24) is 10.2 Å². The van der Waals surface area contributed by atoms with Crippen LogP contribution in [0.15, 0.2) is 125 Å². The van der Waals surface area contributed by atoms with E-state index in [1.807, 2.05) is 43.3 Å². The molecule has 0 aromatic heterocycles. The fourth-order valence-corrected chi connectivity index (χ4v) is 12.1. The first-order chi connectivity index (χ1) is 18.4. The fraction of sp³-hybridized carbons (Fsp3) is 0.133. The van der Waals surface area contributed by atoms with E-state index in [2.05, 4.69) is 128 Å². The first-order valence-corrected chi connectivity index (χ1v) is 17.6. The third-order valence-corrected chi connectivity index (χ3v) is 17.3. The van der Waals surface area contributed by atoms with Crippen LogP contribution >= 0.6 is 26.3 Å². The Hall–Kier alpha value is -3.42.